The van der Waals surface area contributed by atoms with Crippen molar-refractivity contribution in [1.29, 1.82) is 0 Å². The molecule has 0 unspecified atom stereocenters. The summed E-state index contributed by atoms with van der Waals surface area (Å²) in [5.41, 5.74) is 17.9. The van der Waals surface area contributed by atoms with Crippen LogP contribution in [0.4, 0.5) is 0 Å². The molecule has 0 spiro atoms. The van der Waals surface area contributed by atoms with Crippen LogP contribution in [0.15, 0.2) is 48.9 Å². The second-order valence-electron chi connectivity index (χ2n) is 18.3. The summed E-state index contributed by atoms with van der Waals surface area (Å²) >= 11 is 0. The number of rotatable bonds is 19. The van der Waals surface area contributed by atoms with Gasteiger partial charge in [-0.05, 0) is 77.1 Å². The standard InChI is InChI=1S/C47H73N15O13/c1-24(2)20-32-42(70)56-28(10-14-48)38(66)55-30(12-16-50)41(69)61-36(25(3)64)46(74)53-17-13-31(40(68)54-29(11-15-49)39(67)59-33(43(71)58-32)21-27-8-6-5-7-9-27)57-45(73)35(23-63)60-47(75)37(26(4)65)62-44(72)34-22-51-18-19-52-34/h5-9,18-19,22,24-26,28-33,35-37,63-65H,10-17,20-21,23,48-50H2,1-4H3,(H,53,74)(H,54,68)(H,55,66)(H,56,70)(H,57,73)(H,58,71)(H,59,67)(H,60,75)(H,61,69)(H,62,72)/t25-,26-,28+,29+,30+,31+,32+,33-,35-,36+,37+/m1/s1. The van der Waals surface area contributed by atoms with E-state index in [1.807, 2.05) is 0 Å². The highest BCUT2D eigenvalue weighted by Gasteiger charge is 2.37. The first kappa shape index (κ1) is 62.1. The van der Waals surface area contributed by atoms with Gasteiger partial charge in [-0.1, -0.05) is 44.2 Å². The van der Waals surface area contributed by atoms with Crippen LogP contribution in [0.25, 0.3) is 0 Å². The van der Waals surface area contributed by atoms with Gasteiger partial charge in [0.25, 0.3) is 5.91 Å². The van der Waals surface area contributed by atoms with Gasteiger partial charge in [0.1, 0.15) is 60.1 Å². The fraction of sp³-hybridized carbons (Fsp3) is 0.574. The van der Waals surface area contributed by atoms with E-state index in [0.29, 0.717) is 5.56 Å². The number of benzene rings is 1. The Bertz CT molecular complexity index is 2240. The van der Waals surface area contributed by atoms with Crippen LogP contribution < -0.4 is 70.4 Å². The van der Waals surface area contributed by atoms with Gasteiger partial charge in [-0.25, -0.2) is 4.98 Å². The maximum atomic E-state index is 14.3. The lowest BCUT2D eigenvalue weighted by molar-refractivity contribution is -0.136. The summed E-state index contributed by atoms with van der Waals surface area (Å²) in [5.74, 6) is -9.95. The summed E-state index contributed by atoms with van der Waals surface area (Å²) < 4.78 is 0. The molecule has 1 aromatic carbocycles. The number of aliphatic hydroxyl groups is 3. The molecular formula is C47H73N15O13. The molecule has 28 heteroatoms. The lowest BCUT2D eigenvalue weighted by atomic mass is 10.00. The molecule has 28 nitrogen and oxygen atoms in total. The van der Waals surface area contributed by atoms with E-state index in [0.717, 1.165) is 13.1 Å². The maximum absolute atomic E-state index is 14.3. The molecule has 0 radical (unpaired) electrons. The van der Waals surface area contributed by atoms with Gasteiger partial charge < -0.3 is 85.7 Å². The number of nitrogens with one attached hydrogen (secondary N) is 10. The molecule has 75 heavy (non-hydrogen) atoms. The van der Waals surface area contributed by atoms with Crippen molar-refractivity contribution in [2.75, 3.05) is 32.8 Å². The molecular weight excluding hydrogens is 983 g/mol. The molecule has 10 amide bonds. The number of nitrogens with two attached hydrogens (primary N) is 3. The predicted octanol–water partition coefficient (Wildman–Crippen LogP) is -6.94. The van der Waals surface area contributed by atoms with Crippen molar-refractivity contribution in [2.24, 2.45) is 23.1 Å². The smallest absolute Gasteiger partial charge is 0.272 e. The molecule has 1 fully saturated rings. The molecule has 2 aromatic rings. The number of amides is 10. The van der Waals surface area contributed by atoms with Crippen LogP contribution in [-0.2, 0) is 49.6 Å². The van der Waals surface area contributed by atoms with Gasteiger partial charge >= 0.3 is 0 Å². The van der Waals surface area contributed by atoms with E-state index >= 15 is 0 Å². The maximum Gasteiger partial charge on any atom is 0.272 e. The van der Waals surface area contributed by atoms with Gasteiger partial charge in [-0.2, -0.15) is 0 Å². The molecule has 1 aliphatic rings. The van der Waals surface area contributed by atoms with E-state index in [1.54, 1.807) is 44.2 Å². The molecule has 19 N–H and O–H groups in total. The third kappa shape index (κ3) is 20.2. The van der Waals surface area contributed by atoms with Gasteiger partial charge in [0.05, 0.1) is 25.0 Å². The van der Waals surface area contributed by atoms with Gasteiger partial charge in [0.2, 0.25) is 53.2 Å². The van der Waals surface area contributed by atoms with Gasteiger partial charge in [0, 0.05) is 25.4 Å². The first-order valence-electron chi connectivity index (χ1n) is 24.5. The van der Waals surface area contributed by atoms with Gasteiger partial charge in [0.15, 0.2) is 0 Å². The van der Waals surface area contributed by atoms with Crippen molar-refractivity contribution in [1.82, 2.24) is 63.1 Å². The van der Waals surface area contributed by atoms with Crippen molar-refractivity contribution in [3.05, 3.63) is 60.2 Å². The normalized spacial score (nSPS) is 23.5. The Kier molecular flexibility index (Phi) is 26.0. The zero-order valence-corrected chi connectivity index (χ0v) is 42.4. The number of hydrogen-bond donors (Lipinski definition) is 16. The summed E-state index contributed by atoms with van der Waals surface area (Å²) in [5, 5.41) is 56.0. The fourth-order valence-electron chi connectivity index (χ4n) is 7.57. The third-order valence-corrected chi connectivity index (χ3v) is 11.6. The minimum Gasteiger partial charge on any atom is -0.394 e. The van der Waals surface area contributed by atoms with Crippen LogP contribution in [0.3, 0.4) is 0 Å². The molecule has 11 atom stereocenters. The minimum atomic E-state index is -1.85. The Morgan fingerprint density at radius 1 is 0.667 bits per heavy atom. The zero-order chi connectivity index (χ0) is 55.8. The van der Waals surface area contributed by atoms with Crippen molar-refractivity contribution < 1.29 is 63.3 Å². The minimum absolute atomic E-state index is 0.0446. The van der Waals surface area contributed by atoms with Crippen molar-refractivity contribution in [2.45, 2.75) is 133 Å². The summed E-state index contributed by atoms with van der Waals surface area (Å²) in [7, 11) is 0. The Morgan fingerprint density at radius 2 is 1.19 bits per heavy atom. The monoisotopic (exact) mass is 1060 g/mol. The fourth-order valence-corrected chi connectivity index (χ4v) is 7.57. The molecule has 1 aromatic heterocycles. The highest BCUT2D eigenvalue weighted by atomic mass is 16.3. The Morgan fingerprint density at radius 3 is 1.69 bits per heavy atom. The van der Waals surface area contributed by atoms with Crippen LogP contribution in [0, 0.1) is 5.92 Å². The Balaban J connectivity index is 2.10. The van der Waals surface area contributed by atoms with Gasteiger partial charge in [-0.15, -0.1) is 0 Å². The summed E-state index contributed by atoms with van der Waals surface area (Å²) in [4.78, 5) is 146. The number of aromatic nitrogens is 2. The molecule has 0 saturated carbocycles. The van der Waals surface area contributed by atoms with Crippen LogP contribution in [-0.4, -0.2) is 184 Å². The zero-order valence-electron chi connectivity index (χ0n) is 42.4. The highest BCUT2D eigenvalue weighted by molar-refractivity contribution is 6.00. The summed E-state index contributed by atoms with van der Waals surface area (Å²) in [6.45, 7) is 3.87. The topological polar surface area (TPSA) is 456 Å². The number of hydrogen-bond acceptors (Lipinski definition) is 18. The van der Waals surface area contributed by atoms with Crippen LogP contribution in [0.2, 0.25) is 0 Å². The quantitative estimate of drug-likeness (QED) is 0.0622. The van der Waals surface area contributed by atoms with Crippen LogP contribution in [0.5, 0.6) is 0 Å². The van der Waals surface area contributed by atoms with Crippen molar-refractivity contribution in [3.63, 3.8) is 0 Å². The van der Waals surface area contributed by atoms with E-state index < -0.39 is 145 Å². The summed E-state index contributed by atoms with van der Waals surface area (Å²) in [6, 6.07) is -5.44. The van der Waals surface area contributed by atoms with Gasteiger partial charge in [-0.3, -0.25) is 52.9 Å². The lowest BCUT2D eigenvalue weighted by Gasteiger charge is -2.28. The highest BCUT2D eigenvalue weighted by Crippen LogP contribution is 2.11. The lowest BCUT2D eigenvalue weighted by Crippen LogP contribution is -2.61. The average molecular weight is 1060 g/mol. The van der Waals surface area contributed by atoms with E-state index in [9.17, 15) is 63.3 Å². The molecule has 1 saturated heterocycles. The number of nitrogens with zero attached hydrogens (tertiary/aromatic N) is 2. The predicted molar refractivity (Wildman–Crippen MR) is 267 cm³/mol. The molecule has 2 heterocycles. The van der Waals surface area contributed by atoms with Crippen molar-refractivity contribution >= 4 is 59.1 Å². The number of carbonyl (C=O) groups excluding carboxylic acids is 10. The van der Waals surface area contributed by atoms with E-state index in [1.165, 1.54) is 19.3 Å². The Labute approximate surface area is 433 Å². The third-order valence-electron chi connectivity index (χ3n) is 11.6. The molecule has 1 aliphatic heterocycles. The van der Waals surface area contributed by atoms with Crippen LogP contribution in [0.1, 0.15) is 75.9 Å². The first-order valence-corrected chi connectivity index (χ1v) is 24.5. The average Bonchev–Trinajstić information content (AvgIpc) is 3.37. The SMILES string of the molecule is CC(C)C[C@@H]1NC(=O)[C@@H](Cc2ccccc2)NC(=O)[C@H](CCN)NC(=O)[C@@H](NC(=O)[C@@H](CO)NC(=O)[C@@H](NC(=O)c2cnccn2)[C@@H](C)O)CCNC(=O)[C@H]([C@@H](C)O)NC(=O)[C@H](CCN)NC(=O)[C@H](CCN)NC1=O. The van der Waals surface area contributed by atoms with E-state index in [4.69, 9.17) is 17.2 Å². The first-order chi connectivity index (χ1) is 35.6. The largest absolute Gasteiger partial charge is 0.394 e. The number of aliphatic hydroxyl groups excluding tert-OH is 3. The Hall–Kier alpha value is -7.24. The summed E-state index contributed by atoms with van der Waals surface area (Å²) in [6.07, 6.45) is -0.649. The molecule has 0 bridgehead atoms. The second-order valence-corrected chi connectivity index (χ2v) is 18.3. The molecule has 0 aliphatic carbocycles. The number of carbonyl (C=O) groups is 10. The van der Waals surface area contributed by atoms with E-state index in [2.05, 4.69) is 63.1 Å². The van der Waals surface area contributed by atoms with Crippen LogP contribution >= 0.6 is 0 Å². The van der Waals surface area contributed by atoms with E-state index in [-0.39, 0.29) is 63.4 Å². The molecule has 3 rings (SSSR count). The molecule has 414 valence electrons. The second kappa shape index (κ2) is 31.5. The van der Waals surface area contributed by atoms with Crippen molar-refractivity contribution in [3.8, 4) is 0 Å².